The second-order valence-electron chi connectivity index (χ2n) is 4.93. The lowest BCUT2D eigenvalue weighted by Gasteiger charge is -2.21. The Hall–Kier alpha value is -1.07. The first-order valence-corrected chi connectivity index (χ1v) is 7.25. The molecule has 0 radical (unpaired) electrons. The number of nitrogens with one attached hydrogen (secondary N) is 1. The van der Waals surface area contributed by atoms with Crippen LogP contribution >= 0.6 is 15.9 Å². The molecular weight excluding hydrogens is 308 g/mol. The van der Waals surface area contributed by atoms with E-state index in [9.17, 15) is 4.79 Å². The van der Waals surface area contributed by atoms with E-state index in [-0.39, 0.29) is 12.1 Å². The van der Waals surface area contributed by atoms with Gasteiger partial charge in [-0.3, -0.25) is 0 Å². The van der Waals surface area contributed by atoms with E-state index in [0.29, 0.717) is 6.54 Å². The lowest BCUT2D eigenvalue weighted by molar-refractivity contribution is 0.0894. The van der Waals surface area contributed by atoms with Crippen molar-refractivity contribution in [3.05, 3.63) is 28.2 Å². The van der Waals surface area contributed by atoms with Crippen molar-refractivity contribution in [2.75, 3.05) is 25.5 Å². The second-order valence-corrected chi connectivity index (χ2v) is 5.78. The third-order valence-electron chi connectivity index (χ3n) is 3.21. The van der Waals surface area contributed by atoms with Crippen molar-refractivity contribution in [1.82, 2.24) is 4.90 Å². The molecule has 1 heterocycles. The minimum Gasteiger partial charge on any atom is -0.376 e. The molecule has 1 aromatic rings. The second kappa shape index (κ2) is 6.39. The molecule has 0 aromatic heterocycles. The molecule has 1 fully saturated rings. The number of nitrogens with zero attached hydrogens (tertiary/aromatic N) is 1. The summed E-state index contributed by atoms with van der Waals surface area (Å²) in [5.41, 5.74) is 1.94. The van der Waals surface area contributed by atoms with Crippen molar-refractivity contribution in [3.8, 4) is 0 Å². The highest BCUT2D eigenvalue weighted by atomic mass is 79.9. The van der Waals surface area contributed by atoms with Gasteiger partial charge in [0.15, 0.2) is 0 Å². The van der Waals surface area contributed by atoms with Crippen LogP contribution in [0.2, 0.25) is 0 Å². The summed E-state index contributed by atoms with van der Waals surface area (Å²) in [5.74, 6) is 0. The normalized spacial score (nSPS) is 18.4. The third-order valence-corrected chi connectivity index (χ3v) is 3.87. The number of halogens is 1. The number of anilines is 1. The molecule has 2 amide bonds. The average Bonchev–Trinajstić information content (AvgIpc) is 2.85. The van der Waals surface area contributed by atoms with Crippen LogP contribution in [0, 0.1) is 6.92 Å². The van der Waals surface area contributed by atoms with Gasteiger partial charge in [-0.15, -0.1) is 0 Å². The molecule has 104 valence electrons. The molecule has 1 saturated heterocycles. The lowest BCUT2D eigenvalue weighted by atomic mass is 10.2. The Bertz CT molecular complexity index is 459. The van der Waals surface area contributed by atoms with Gasteiger partial charge >= 0.3 is 6.03 Å². The molecule has 19 heavy (non-hydrogen) atoms. The fraction of sp³-hybridized carbons (Fsp3) is 0.500. The number of hydrogen-bond acceptors (Lipinski definition) is 2. The molecule has 5 heteroatoms. The van der Waals surface area contributed by atoms with Gasteiger partial charge in [0.25, 0.3) is 0 Å². The summed E-state index contributed by atoms with van der Waals surface area (Å²) in [4.78, 5) is 13.7. The number of amides is 2. The summed E-state index contributed by atoms with van der Waals surface area (Å²) in [6, 6.07) is 5.74. The van der Waals surface area contributed by atoms with Crippen LogP contribution in [0.15, 0.2) is 22.7 Å². The van der Waals surface area contributed by atoms with Gasteiger partial charge in [-0.05, 0) is 53.4 Å². The molecular formula is C14H19BrN2O2. The number of urea groups is 1. The molecule has 1 N–H and O–H groups in total. The first-order valence-electron chi connectivity index (χ1n) is 6.46. The number of carbonyl (C=O) groups is 1. The third kappa shape index (κ3) is 3.94. The largest absolute Gasteiger partial charge is 0.376 e. The van der Waals surface area contributed by atoms with Gasteiger partial charge in [0, 0.05) is 24.7 Å². The van der Waals surface area contributed by atoms with E-state index >= 15 is 0 Å². The van der Waals surface area contributed by atoms with Crippen molar-refractivity contribution in [3.63, 3.8) is 0 Å². The molecule has 0 saturated carbocycles. The Balaban J connectivity index is 1.92. The molecule has 1 aliphatic rings. The fourth-order valence-electron chi connectivity index (χ4n) is 2.11. The van der Waals surface area contributed by atoms with E-state index in [1.165, 1.54) is 0 Å². The van der Waals surface area contributed by atoms with Crippen molar-refractivity contribution < 1.29 is 9.53 Å². The first-order chi connectivity index (χ1) is 9.06. The Morgan fingerprint density at radius 2 is 2.37 bits per heavy atom. The van der Waals surface area contributed by atoms with Crippen LogP contribution in [0.3, 0.4) is 0 Å². The highest BCUT2D eigenvalue weighted by Gasteiger charge is 2.20. The van der Waals surface area contributed by atoms with Crippen molar-refractivity contribution in [2.45, 2.75) is 25.9 Å². The Morgan fingerprint density at radius 1 is 1.58 bits per heavy atom. The quantitative estimate of drug-likeness (QED) is 0.924. The molecule has 1 unspecified atom stereocenters. The van der Waals surface area contributed by atoms with E-state index in [0.717, 1.165) is 35.2 Å². The summed E-state index contributed by atoms with van der Waals surface area (Å²) in [7, 11) is 1.79. The zero-order chi connectivity index (χ0) is 13.8. The summed E-state index contributed by atoms with van der Waals surface area (Å²) in [6.07, 6.45) is 2.30. The predicted octanol–water partition coefficient (Wildman–Crippen LogP) is 3.40. The van der Waals surface area contributed by atoms with Crippen LogP contribution in [0.4, 0.5) is 10.5 Å². The number of rotatable bonds is 3. The van der Waals surface area contributed by atoms with Gasteiger partial charge in [0.2, 0.25) is 0 Å². The molecule has 1 aliphatic heterocycles. The number of benzene rings is 1. The Kier molecular flexibility index (Phi) is 4.82. The fourth-order valence-corrected chi connectivity index (χ4v) is 2.70. The van der Waals surface area contributed by atoms with Crippen LogP contribution in [-0.4, -0.2) is 37.2 Å². The van der Waals surface area contributed by atoms with Gasteiger partial charge in [0.05, 0.1) is 11.8 Å². The number of carbonyl (C=O) groups excluding carboxylic acids is 1. The zero-order valence-corrected chi connectivity index (χ0v) is 12.9. The predicted molar refractivity (Wildman–Crippen MR) is 79.5 cm³/mol. The maximum Gasteiger partial charge on any atom is 0.321 e. The van der Waals surface area contributed by atoms with E-state index in [4.69, 9.17) is 4.74 Å². The molecule has 1 atom stereocenters. The Labute approximate surface area is 122 Å². The SMILES string of the molecule is Cc1ccc(NC(=O)N(C)CC2CCCO2)c(Br)c1. The Morgan fingerprint density at radius 3 is 3.00 bits per heavy atom. The highest BCUT2D eigenvalue weighted by Crippen LogP contribution is 2.23. The molecule has 4 nitrogen and oxygen atoms in total. The van der Waals surface area contributed by atoms with Crippen LogP contribution in [-0.2, 0) is 4.74 Å². The highest BCUT2D eigenvalue weighted by molar-refractivity contribution is 9.10. The van der Waals surface area contributed by atoms with Crippen LogP contribution in [0.25, 0.3) is 0 Å². The minimum absolute atomic E-state index is 0.111. The molecule has 0 aliphatic carbocycles. The summed E-state index contributed by atoms with van der Waals surface area (Å²) in [6.45, 7) is 3.46. The van der Waals surface area contributed by atoms with E-state index in [1.807, 2.05) is 25.1 Å². The smallest absolute Gasteiger partial charge is 0.321 e. The number of aryl methyl sites for hydroxylation is 1. The maximum absolute atomic E-state index is 12.1. The maximum atomic E-state index is 12.1. The zero-order valence-electron chi connectivity index (χ0n) is 11.3. The lowest BCUT2D eigenvalue weighted by Crippen LogP contribution is -2.37. The van der Waals surface area contributed by atoms with Gasteiger partial charge < -0.3 is 15.0 Å². The van der Waals surface area contributed by atoms with Gasteiger partial charge in [-0.2, -0.15) is 0 Å². The molecule has 0 bridgehead atoms. The van der Waals surface area contributed by atoms with Crippen LogP contribution < -0.4 is 5.32 Å². The van der Waals surface area contributed by atoms with Crippen LogP contribution in [0.1, 0.15) is 18.4 Å². The molecule has 2 rings (SSSR count). The minimum atomic E-state index is -0.111. The van der Waals surface area contributed by atoms with Gasteiger partial charge in [0.1, 0.15) is 0 Å². The number of ether oxygens (including phenoxy) is 1. The van der Waals surface area contributed by atoms with E-state index in [1.54, 1.807) is 11.9 Å². The standard InChI is InChI=1S/C14H19BrN2O2/c1-10-5-6-13(12(15)8-10)16-14(18)17(2)9-11-4-3-7-19-11/h5-6,8,11H,3-4,7,9H2,1-2H3,(H,16,18). The van der Waals surface area contributed by atoms with Gasteiger partial charge in [-0.1, -0.05) is 6.07 Å². The molecule has 1 aromatic carbocycles. The van der Waals surface area contributed by atoms with Crippen molar-refractivity contribution in [2.24, 2.45) is 0 Å². The number of likely N-dealkylation sites (N-methyl/N-ethyl adjacent to an activating group) is 1. The van der Waals surface area contributed by atoms with E-state index in [2.05, 4.69) is 21.2 Å². The topological polar surface area (TPSA) is 41.6 Å². The monoisotopic (exact) mass is 326 g/mol. The van der Waals surface area contributed by atoms with Crippen molar-refractivity contribution >= 4 is 27.6 Å². The van der Waals surface area contributed by atoms with E-state index < -0.39 is 0 Å². The summed E-state index contributed by atoms with van der Waals surface area (Å²) >= 11 is 3.45. The summed E-state index contributed by atoms with van der Waals surface area (Å²) < 4.78 is 6.43. The van der Waals surface area contributed by atoms with Gasteiger partial charge in [-0.25, -0.2) is 4.79 Å². The molecule has 0 spiro atoms. The van der Waals surface area contributed by atoms with Crippen LogP contribution in [0.5, 0.6) is 0 Å². The average molecular weight is 327 g/mol. The van der Waals surface area contributed by atoms with Crippen molar-refractivity contribution in [1.29, 1.82) is 0 Å². The first kappa shape index (κ1) is 14.3. The number of hydrogen-bond donors (Lipinski definition) is 1. The summed E-state index contributed by atoms with van der Waals surface area (Å²) in [5, 5.41) is 2.90.